The molecule has 0 unspecified atom stereocenters. The fourth-order valence-electron chi connectivity index (χ4n) is 4.27. The number of methoxy groups -OCH3 is 1. The zero-order valence-corrected chi connectivity index (χ0v) is 31.5. The van der Waals surface area contributed by atoms with Crippen molar-refractivity contribution in [3.63, 3.8) is 0 Å². The summed E-state index contributed by atoms with van der Waals surface area (Å²) in [5.74, 6) is 0.261. The Hall–Kier alpha value is -5.36. The number of nitrogens with two attached hydrogens (primary N) is 2. The first-order valence-electron chi connectivity index (χ1n) is 16.2. The van der Waals surface area contributed by atoms with Crippen molar-refractivity contribution in [2.45, 2.75) is 39.9 Å². The Morgan fingerprint density at radius 3 is 2.35 bits per heavy atom. The van der Waals surface area contributed by atoms with E-state index in [1.807, 2.05) is 19.9 Å². The van der Waals surface area contributed by atoms with Crippen molar-refractivity contribution in [1.29, 1.82) is 0 Å². The maximum Gasteiger partial charge on any atom is 0.422 e. The lowest BCUT2D eigenvalue weighted by Gasteiger charge is -2.32. The molecule has 0 saturated carbocycles. The second-order valence-corrected chi connectivity index (χ2v) is 12.1. The molecule has 0 atom stereocenters. The highest BCUT2D eigenvalue weighted by Gasteiger charge is 2.29. The van der Waals surface area contributed by atoms with E-state index in [4.69, 9.17) is 36.3 Å². The number of benzene rings is 2. The van der Waals surface area contributed by atoms with Crippen LogP contribution in [-0.2, 0) is 30.3 Å². The summed E-state index contributed by atoms with van der Waals surface area (Å²) >= 11 is 6.34. The van der Waals surface area contributed by atoms with Gasteiger partial charge in [0, 0.05) is 25.2 Å². The number of alkyl halides is 3. The standard InChI is InChI=1S/C34H42ClF3N6O8.CH5N/c1-23(48-5)29(52-22-45)17-50-32(47)44(13-6-14-49-28-12-7-24(16-40-4)15-27(28)35)19-33(2,3)18-41-30(46)25-8-10-26(11-9-25)43-31(42-21-39)51-20-34(36,37)38;1-2/h7-12,15,21-22H,4,6,13-14,16-20H2,1-3,5H3,(H,41,46)(H2,39,42,43);2H2,1H3/b29-23-;. The monoisotopic (exact) mass is 785 g/mol. The number of nitrogens with one attached hydrogen (secondary N) is 1. The van der Waals surface area contributed by atoms with Crippen LogP contribution in [0.15, 0.2) is 69.0 Å². The molecule has 2 amide bonds. The Balaban J connectivity index is 0.00000716. The number of carbonyl (C=O) groups excluding carboxylic acids is 3. The molecule has 2 aromatic carbocycles. The first kappa shape index (κ1) is 46.7. The molecule has 2 rings (SSSR count). The molecular weight excluding hydrogens is 739 g/mol. The molecule has 0 saturated heterocycles. The van der Waals surface area contributed by atoms with Gasteiger partial charge >= 0.3 is 18.3 Å². The smallest absolute Gasteiger partial charge is 0.422 e. The minimum Gasteiger partial charge on any atom is -0.498 e. The summed E-state index contributed by atoms with van der Waals surface area (Å²) in [7, 11) is 2.87. The minimum absolute atomic E-state index is 0.0132. The highest BCUT2D eigenvalue weighted by molar-refractivity contribution is 6.32. The van der Waals surface area contributed by atoms with E-state index in [1.165, 1.54) is 43.3 Å². The van der Waals surface area contributed by atoms with E-state index >= 15 is 0 Å². The van der Waals surface area contributed by atoms with Gasteiger partial charge in [-0.15, -0.1) is 0 Å². The van der Waals surface area contributed by atoms with Gasteiger partial charge in [0.25, 0.3) is 12.4 Å². The Kier molecular flexibility index (Phi) is 20.8. The van der Waals surface area contributed by atoms with Gasteiger partial charge in [-0.05, 0) is 74.5 Å². The molecule has 0 radical (unpaired) electrons. The van der Waals surface area contributed by atoms with Gasteiger partial charge in [-0.1, -0.05) is 31.5 Å². The molecule has 298 valence electrons. The van der Waals surface area contributed by atoms with Crippen LogP contribution >= 0.6 is 11.6 Å². The van der Waals surface area contributed by atoms with Crippen LogP contribution in [0.25, 0.3) is 0 Å². The fourth-order valence-corrected chi connectivity index (χ4v) is 4.53. The molecule has 0 spiro atoms. The normalized spacial score (nSPS) is 12.1. The number of allylic oxidation sites excluding steroid dienone is 1. The van der Waals surface area contributed by atoms with Crippen LogP contribution < -0.4 is 21.5 Å². The summed E-state index contributed by atoms with van der Waals surface area (Å²) in [4.78, 5) is 49.9. The van der Waals surface area contributed by atoms with Crippen molar-refractivity contribution in [2.75, 3.05) is 53.6 Å². The molecule has 0 aliphatic heterocycles. The van der Waals surface area contributed by atoms with Crippen molar-refractivity contribution >= 4 is 54.8 Å². The van der Waals surface area contributed by atoms with Crippen LogP contribution in [0.4, 0.5) is 23.7 Å². The molecule has 0 fully saturated rings. The van der Waals surface area contributed by atoms with Crippen LogP contribution in [0, 0.1) is 5.41 Å². The molecule has 0 aromatic heterocycles. The Labute approximate surface area is 317 Å². The van der Waals surface area contributed by atoms with Gasteiger partial charge in [0.2, 0.25) is 0 Å². The average molecular weight is 786 g/mol. The molecule has 2 aromatic rings. The lowest BCUT2D eigenvalue weighted by atomic mass is 9.92. The van der Waals surface area contributed by atoms with Crippen LogP contribution in [0.1, 0.15) is 43.1 Å². The fraction of sp³-hybridized carbons (Fsp3) is 0.429. The predicted molar refractivity (Wildman–Crippen MR) is 199 cm³/mol. The van der Waals surface area contributed by atoms with Gasteiger partial charge < -0.3 is 45.4 Å². The molecule has 54 heavy (non-hydrogen) atoms. The maximum absolute atomic E-state index is 13.3. The van der Waals surface area contributed by atoms with Gasteiger partial charge in [-0.2, -0.15) is 23.2 Å². The van der Waals surface area contributed by atoms with Gasteiger partial charge in [0.05, 0.1) is 37.3 Å². The summed E-state index contributed by atoms with van der Waals surface area (Å²) in [5.41, 5.74) is 10.3. The van der Waals surface area contributed by atoms with Crippen molar-refractivity contribution in [3.8, 4) is 5.75 Å². The second kappa shape index (κ2) is 24.1. The third-order valence-electron chi connectivity index (χ3n) is 6.85. The number of nitrogens with zero attached hydrogens (tertiary/aromatic N) is 4. The predicted octanol–water partition coefficient (Wildman–Crippen LogP) is 5.38. The van der Waals surface area contributed by atoms with E-state index in [9.17, 15) is 27.6 Å². The minimum atomic E-state index is -4.60. The summed E-state index contributed by atoms with van der Waals surface area (Å²) in [5, 5.41) is 3.23. The summed E-state index contributed by atoms with van der Waals surface area (Å²) in [6.07, 6.45) is -4.20. The van der Waals surface area contributed by atoms with Crippen molar-refractivity contribution in [1.82, 2.24) is 10.2 Å². The largest absolute Gasteiger partial charge is 0.498 e. The molecule has 0 aliphatic carbocycles. The SMILES string of the molecule is C=NCc1ccc(OCCCN(CC(C)(C)CNC(=O)c2ccc(N=C(/N=C/N)OCC(F)(F)F)cc2)C(=O)OC/C(OC=O)=C(\C)OC)c(Cl)c1.CN. The molecular formula is C35H47ClF3N7O8. The van der Waals surface area contributed by atoms with Crippen molar-refractivity contribution < 1.29 is 51.2 Å². The quantitative estimate of drug-likeness (QED) is 0.0546. The summed E-state index contributed by atoms with van der Waals surface area (Å²) < 4.78 is 63.4. The molecule has 5 N–H and O–H groups in total. The van der Waals surface area contributed by atoms with Gasteiger partial charge in [-0.3, -0.25) is 14.6 Å². The number of hydrogen-bond donors (Lipinski definition) is 3. The first-order chi connectivity index (χ1) is 25.6. The lowest BCUT2D eigenvalue weighted by Crippen LogP contribution is -2.45. The maximum atomic E-state index is 13.3. The number of aliphatic imine (C=N–C) groups is 3. The van der Waals surface area contributed by atoms with Gasteiger partial charge in [-0.25, -0.2) is 4.79 Å². The average Bonchev–Trinajstić information content (AvgIpc) is 3.14. The third kappa shape index (κ3) is 17.9. The Bertz CT molecular complexity index is 1600. The second-order valence-electron chi connectivity index (χ2n) is 11.7. The number of amides is 2. The van der Waals surface area contributed by atoms with Crippen molar-refractivity contribution in [3.05, 3.63) is 70.1 Å². The number of hydrogen-bond acceptors (Lipinski definition) is 11. The number of rotatable bonds is 19. The van der Waals surface area contributed by atoms with E-state index in [-0.39, 0.29) is 62.1 Å². The molecule has 0 heterocycles. The Morgan fingerprint density at radius 2 is 1.78 bits per heavy atom. The zero-order valence-electron chi connectivity index (χ0n) is 30.8. The number of amidine groups is 1. The van der Waals surface area contributed by atoms with E-state index in [0.29, 0.717) is 23.7 Å². The van der Waals surface area contributed by atoms with E-state index in [0.717, 1.165) is 11.9 Å². The lowest BCUT2D eigenvalue weighted by molar-refractivity contribution is -0.156. The summed E-state index contributed by atoms with van der Waals surface area (Å²) in [6, 6.07) is 10.3. The highest BCUT2D eigenvalue weighted by atomic mass is 35.5. The van der Waals surface area contributed by atoms with Crippen LogP contribution in [0.5, 0.6) is 5.75 Å². The van der Waals surface area contributed by atoms with Crippen molar-refractivity contribution in [2.24, 2.45) is 31.9 Å². The van der Waals surface area contributed by atoms with Crippen LogP contribution in [-0.4, -0.2) is 102 Å². The third-order valence-corrected chi connectivity index (χ3v) is 7.14. The van der Waals surface area contributed by atoms with Gasteiger partial charge in [0.1, 0.15) is 11.5 Å². The Morgan fingerprint density at radius 1 is 1.09 bits per heavy atom. The van der Waals surface area contributed by atoms with Crippen LogP contribution in [0.3, 0.4) is 0 Å². The zero-order chi connectivity index (χ0) is 40.7. The molecule has 0 aliphatic rings. The molecule has 0 bridgehead atoms. The van der Waals surface area contributed by atoms with E-state index < -0.39 is 36.2 Å². The first-order valence-corrected chi connectivity index (χ1v) is 16.6. The number of ether oxygens (including phenoxy) is 5. The number of halogens is 4. The molecule has 15 nitrogen and oxygen atoms in total. The van der Waals surface area contributed by atoms with Crippen LogP contribution in [0.2, 0.25) is 5.02 Å². The summed E-state index contributed by atoms with van der Waals surface area (Å²) in [6.45, 7) is 7.93. The van der Waals surface area contributed by atoms with E-state index in [2.05, 4.69) is 37.5 Å². The topological polar surface area (TPSA) is 202 Å². The highest BCUT2D eigenvalue weighted by Crippen LogP contribution is 2.26. The molecule has 19 heteroatoms. The number of carbonyl (C=O) groups is 3. The van der Waals surface area contributed by atoms with E-state index in [1.54, 1.807) is 19.1 Å². The van der Waals surface area contributed by atoms with Gasteiger partial charge in [0.15, 0.2) is 19.0 Å².